The number of fused-ring (bicyclic) bond motifs is 1. The minimum atomic E-state index is -0.221. The van der Waals surface area contributed by atoms with Crippen LogP contribution in [0.4, 0.5) is 4.39 Å². The van der Waals surface area contributed by atoms with Crippen LogP contribution in [0.2, 0.25) is 0 Å². The van der Waals surface area contributed by atoms with Gasteiger partial charge in [-0.3, -0.25) is 0 Å². The molecule has 104 valence electrons. The summed E-state index contributed by atoms with van der Waals surface area (Å²) < 4.78 is 25.0. The second kappa shape index (κ2) is 5.51. The second-order valence-electron chi connectivity index (χ2n) is 4.65. The standard InChI is InChI=1S/C16H16FNO2/c1-18-16(12-4-2-3-5-13(12)17)11-6-7-14-15(10-11)20-9-8-19-14/h2-7,10,16,18H,8-9H2,1H3. The summed E-state index contributed by atoms with van der Waals surface area (Å²) >= 11 is 0. The van der Waals surface area contributed by atoms with Crippen molar-refractivity contribution in [2.75, 3.05) is 20.3 Å². The maximum absolute atomic E-state index is 14.0. The highest BCUT2D eigenvalue weighted by Crippen LogP contribution is 2.34. The van der Waals surface area contributed by atoms with Crippen molar-refractivity contribution in [1.29, 1.82) is 0 Å². The van der Waals surface area contributed by atoms with Crippen molar-refractivity contribution in [3.8, 4) is 11.5 Å². The van der Waals surface area contributed by atoms with Crippen LogP contribution in [0.1, 0.15) is 17.2 Å². The molecule has 0 bridgehead atoms. The first-order valence-corrected chi connectivity index (χ1v) is 6.61. The molecule has 0 saturated carbocycles. The van der Waals surface area contributed by atoms with Crippen LogP contribution in [0.3, 0.4) is 0 Å². The lowest BCUT2D eigenvalue weighted by molar-refractivity contribution is 0.171. The maximum Gasteiger partial charge on any atom is 0.161 e. The molecule has 2 aromatic rings. The van der Waals surface area contributed by atoms with E-state index >= 15 is 0 Å². The largest absolute Gasteiger partial charge is 0.486 e. The Morgan fingerprint density at radius 3 is 2.55 bits per heavy atom. The Morgan fingerprint density at radius 2 is 1.80 bits per heavy atom. The van der Waals surface area contributed by atoms with Gasteiger partial charge in [-0.25, -0.2) is 4.39 Å². The summed E-state index contributed by atoms with van der Waals surface area (Å²) in [6.07, 6.45) is 0. The molecular formula is C16H16FNO2. The lowest BCUT2D eigenvalue weighted by atomic mass is 9.98. The van der Waals surface area contributed by atoms with E-state index in [0.717, 1.165) is 11.3 Å². The lowest BCUT2D eigenvalue weighted by Gasteiger charge is -2.22. The normalized spacial score (nSPS) is 14.9. The van der Waals surface area contributed by atoms with Crippen molar-refractivity contribution < 1.29 is 13.9 Å². The van der Waals surface area contributed by atoms with Crippen LogP contribution in [0.15, 0.2) is 42.5 Å². The predicted molar refractivity (Wildman–Crippen MR) is 74.7 cm³/mol. The highest BCUT2D eigenvalue weighted by molar-refractivity contribution is 5.46. The molecular weight excluding hydrogens is 257 g/mol. The Bertz CT molecular complexity index is 615. The summed E-state index contributed by atoms with van der Waals surface area (Å²) in [6, 6.07) is 12.3. The van der Waals surface area contributed by atoms with E-state index in [1.54, 1.807) is 12.1 Å². The third-order valence-electron chi connectivity index (χ3n) is 3.40. The van der Waals surface area contributed by atoms with Crippen LogP contribution >= 0.6 is 0 Å². The fraction of sp³-hybridized carbons (Fsp3) is 0.250. The zero-order valence-corrected chi connectivity index (χ0v) is 11.2. The zero-order valence-electron chi connectivity index (χ0n) is 11.2. The van der Waals surface area contributed by atoms with Crippen LogP contribution < -0.4 is 14.8 Å². The summed E-state index contributed by atoms with van der Waals surface area (Å²) in [7, 11) is 1.81. The highest BCUT2D eigenvalue weighted by atomic mass is 19.1. The summed E-state index contributed by atoms with van der Waals surface area (Å²) in [6.45, 7) is 1.11. The summed E-state index contributed by atoms with van der Waals surface area (Å²) in [4.78, 5) is 0. The molecule has 4 heteroatoms. The van der Waals surface area contributed by atoms with Gasteiger partial charge in [0.25, 0.3) is 0 Å². The second-order valence-corrected chi connectivity index (χ2v) is 4.65. The number of halogens is 1. The van der Waals surface area contributed by atoms with E-state index in [1.807, 2.05) is 31.3 Å². The van der Waals surface area contributed by atoms with Crippen molar-refractivity contribution in [3.05, 3.63) is 59.4 Å². The van der Waals surface area contributed by atoms with Crippen LogP contribution in [-0.2, 0) is 0 Å². The van der Waals surface area contributed by atoms with Gasteiger partial charge in [-0.2, -0.15) is 0 Å². The van der Waals surface area contributed by atoms with Crippen LogP contribution in [-0.4, -0.2) is 20.3 Å². The molecule has 1 aliphatic rings. The topological polar surface area (TPSA) is 30.5 Å². The molecule has 0 saturated heterocycles. The Hall–Kier alpha value is -2.07. The van der Waals surface area contributed by atoms with Gasteiger partial charge in [0.05, 0.1) is 6.04 Å². The van der Waals surface area contributed by atoms with Gasteiger partial charge in [0.1, 0.15) is 19.0 Å². The highest BCUT2D eigenvalue weighted by Gasteiger charge is 2.19. The molecule has 0 spiro atoms. The predicted octanol–water partition coefficient (Wildman–Crippen LogP) is 2.91. The van der Waals surface area contributed by atoms with Gasteiger partial charge in [0.15, 0.2) is 11.5 Å². The fourth-order valence-corrected chi connectivity index (χ4v) is 2.45. The van der Waals surface area contributed by atoms with E-state index in [2.05, 4.69) is 5.32 Å². The van der Waals surface area contributed by atoms with E-state index in [1.165, 1.54) is 6.07 Å². The van der Waals surface area contributed by atoms with Gasteiger partial charge in [-0.15, -0.1) is 0 Å². The number of rotatable bonds is 3. The molecule has 0 amide bonds. The summed E-state index contributed by atoms with van der Waals surface area (Å²) in [5.74, 6) is 1.23. The van der Waals surface area contributed by atoms with Crippen LogP contribution in [0.5, 0.6) is 11.5 Å². The maximum atomic E-state index is 14.0. The van der Waals surface area contributed by atoms with Gasteiger partial charge >= 0.3 is 0 Å². The van der Waals surface area contributed by atoms with Gasteiger partial charge in [0, 0.05) is 5.56 Å². The van der Waals surface area contributed by atoms with Gasteiger partial charge in [-0.05, 0) is 30.8 Å². The molecule has 3 rings (SSSR count). The monoisotopic (exact) mass is 273 g/mol. The first-order chi connectivity index (χ1) is 9.79. The number of nitrogens with one attached hydrogen (secondary N) is 1. The first-order valence-electron chi connectivity index (χ1n) is 6.61. The van der Waals surface area contributed by atoms with Crippen molar-refractivity contribution in [2.24, 2.45) is 0 Å². The molecule has 0 radical (unpaired) electrons. The number of benzene rings is 2. The fourth-order valence-electron chi connectivity index (χ4n) is 2.45. The van der Waals surface area contributed by atoms with Crippen LogP contribution in [0.25, 0.3) is 0 Å². The molecule has 3 nitrogen and oxygen atoms in total. The molecule has 1 atom stereocenters. The zero-order chi connectivity index (χ0) is 13.9. The van der Waals surface area contributed by atoms with E-state index in [0.29, 0.717) is 24.5 Å². The lowest BCUT2D eigenvalue weighted by Crippen LogP contribution is -2.20. The Morgan fingerprint density at radius 1 is 1.05 bits per heavy atom. The molecule has 0 fully saturated rings. The molecule has 1 aliphatic heterocycles. The number of ether oxygens (including phenoxy) is 2. The van der Waals surface area contributed by atoms with Crippen LogP contribution in [0, 0.1) is 5.82 Å². The molecule has 20 heavy (non-hydrogen) atoms. The van der Waals surface area contributed by atoms with E-state index in [4.69, 9.17) is 9.47 Å². The number of hydrogen-bond acceptors (Lipinski definition) is 3. The van der Waals surface area contributed by atoms with Crippen molar-refractivity contribution >= 4 is 0 Å². The van der Waals surface area contributed by atoms with E-state index < -0.39 is 0 Å². The average molecular weight is 273 g/mol. The number of hydrogen-bond donors (Lipinski definition) is 1. The van der Waals surface area contributed by atoms with Gasteiger partial charge in [0.2, 0.25) is 0 Å². The van der Waals surface area contributed by atoms with Crippen molar-refractivity contribution in [1.82, 2.24) is 5.32 Å². The van der Waals surface area contributed by atoms with Crippen molar-refractivity contribution in [3.63, 3.8) is 0 Å². The first kappa shape index (κ1) is 12.9. The molecule has 0 aliphatic carbocycles. The molecule has 0 aromatic heterocycles. The van der Waals surface area contributed by atoms with Gasteiger partial charge < -0.3 is 14.8 Å². The third kappa shape index (κ3) is 2.34. The molecule has 2 aromatic carbocycles. The smallest absolute Gasteiger partial charge is 0.161 e. The van der Waals surface area contributed by atoms with E-state index in [9.17, 15) is 4.39 Å². The Labute approximate surface area is 117 Å². The average Bonchev–Trinajstić information content (AvgIpc) is 2.50. The molecule has 1 unspecified atom stereocenters. The Kier molecular flexibility index (Phi) is 3.56. The molecule has 1 heterocycles. The third-order valence-corrected chi connectivity index (χ3v) is 3.40. The minimum Gasteiger partial charge on any atom is -0.486 e. The molecule has 1 N–H and O–H groups in total. The SMILES string of the molecule is CNC(c1ccc2c(c1)OCCO2)c1ccccc1F. The summed E-state index contributed by atoms with van der Waals surface area (Å²) in [5, 5.41) is 3.15. The Balaban J connectivity index is 1.99. The van der Waals surface area contributed by atoms with E-state index in [-0.39, 0.29) is 11.9 Å². The minimum absolute atomic E-state index is 0.216. The summed E-state index contributed by atoms with van der Waals surface area (Å²) in [5.41, 5.74) is 1.56. The quantitative estimate of drug-likeness (QED) is 0.932. The van der Waals surface area contributed by atoms with Gasteiger partial charge in [-0.1, -0.05) is 24.3 Å². The van der Waals surface area contributed by atoms with Crippen molar-refractivity contribution in [2.45, 2.75) is 6.04 Å².